The van der Waals surface area contributed by atoms with E-state index in [1.807, 2.05) is 64.5 Å². The SMILES string of the molecule is COc1cccc(NC2C(=O)N(c3ccc(C4CNNC4)cn3)CC23CCN(C(=O)CC(C)c2ccccc2)CC3)c1. The molecule has 6 rings (SSSR count). The molecule has 0 bridgehead atoms. The van der Waals surface area contributed by atoms with Gasteiger partial charge in [0, 0.05) is 68.4 Å². The molecule has 1 spiro atoms. The third kappa shape index (κ3) is 5.71. The summed E-state index contributed by atoms with van der Waals surface area (Å²) in [5.74, 6) is 2.11. The fraction of sp³-hybridized carbons (Fsp3) is 0.424. The van der Waals surface area contributed by atoms with Crippen LogP contribution in [0.25, 0.3) is 0 Å². The molecule has 2 aromatic carbocycles. The highest BCUT2D eigenvalue weighted by Gasteiger charge is 2.54. The average molecular weight is 569 g/mol. The number of piperidine rings is 1. The summed E-state index contributed by atoms with van der Waals surface area (Å²) in [6.45, 7) is 5.65. The standard InChI is InChI=1S/C33H40N6O3/c1-23(24-7-4-3-5-8-24)17-30(40)38-15-13-33(14-16-38)22-39(29-12-11-25(19-34-29)26-20-35-36-21-26)32(41)31(33)37-27-9-6-10-28(18-27)42-2/h3-12,18-19,23,26,31,35-37H,13-17,20-22H2,1-2H3. The van der Waals surface area contributed by atoms with Crippen molar-refractivity contribution in [1.29, 1.82) is 0 Å². The average Bonchev–Trinajstić information content (AvgIpc) is 3.66. The molecule has 2 amide bonds. The van der Waals surface area contributed by atoms with Crippen molar-refractivity contribution in [3.05, 3.63) is 84.1 Å². The van der Waals surface area contributed by atoms with E-state index in [9.17, 15) is 9.59 Å². The second-order valence-corrected chi connectivity index (χ2v) is 11.9. The highest BCUT2D eigenvalue weighted by Crippen LogP contribution is 2.44. The van der Waals surface area contributed by atoms with Gasteiger partial charge in [0.25, 0.3) is 5.91 Å². The Kier molecular flexibility index (Phi) is 8.13. The number of benzene rings is 2. The summed E-state index contributed by atoms with van der Waals surface area (Å²) in [4.78, 5) is 36.0. The maximum absolute atomic E-state index is 14.1. The van der Waals surface area contributed by atoms with Gasteiger partial charge in [-0.3, -0.25) is 25.3 Å². The predicted molar refractivity (Wildman–Crippen MR) is 163 cm³/mol. The molecule has 3 aromatic rings. The van der Waals surface area contributed by atoms with Gasteiger partial charge >= 0.3 is 0 Å². The number of methoxy groups -OCH3 is 1. The number of nitrogens with one attached hydrogen (secondary N) is 3. The zero-order valence-corrected chi connectivity index (χ0v) is 24.4. The molecule has 0 saturated carbocycles. The van der Waals surface area contributed by atoms with Crippen LogP contribution in [0.4, 0.5) is 11.5 Å². The molecule has 220 valence electrons. The predicted octanol–water partition coefficient (Wildman–Crippen LogP) is 3.91. The van der Waals surface area contributed by atoms with E-state index < -0.39 is 6.04 Å². The van der Waals surface area contributed by atoms with Crippen molar-refractivity contribution < 1.29 is 14.3 Å². The maximum Gasteiger partial charge on any atom is 0.251 e. The van der Waals surface area contributed by atoms with Gasteiger partial charge in [-0.05, 0) is 48.1 Å². The van der Waals surface area contributed by atoms with Crippen LogP contribution >= 0.6 is 0 Å². The van der Waals surface area contributed by atoms with E-state index in [-0.39, 0.29) is 23.1 Å². The zero-order valence-electron chi connectivity index (χ0n) is 24.4. The van der Waals surface area contributed by atoms with Gasteiger partial charge in [0.05, 0.1) is 7.11 Å². The number of hydrogen-bond donors (Lipinski definition) is 3. The van der Waals surface area contributed by atoms with Crippen molar-refractivity contribution in [2.45, 2.75) is 44.1 Å². The zero-order chi connectivity index (χ0) is 29.1. The molecule has 3 N–H and O–H groups in total. The molecule has 9 heteroatoms. The lowest BCUT2D eigenvalue weighted by molar-refractivity contribution is -0.133. The van der Waals surface area contributed by atoms with Crippen molar-refractivity contribution >= 4 is 23.3 Å². The molecule has 3 aliphatic rings. The summed E-state index contributed by atoms with van der Waals surface area (Å²) in [5.41, 5.74) is 9.17. The van der Waals surface area contributed by atoms with E-state index in [0.29, 0.717) is 37.8 Å². The van der Waals surface area contributed by atoms with Gasteiger partial charge in [-0.25, -0.2) is 4.98 Å². The van der Waals surface area contributed by atoms with Crippen LogP contribution in [0.15, 0.2) is 72.9 Å². The minimum Gasteiger partial charge on any atom is -0.497 e. The molecule has 3 fully saturated rings. The van der Waals surface area contributed by atoms with Crippen molar-refractivity contribution in [3.63, 3.8) is 0 Å². The summed E-state index contributed by atoms with van der Waals surface area (Å²) in [6.07, 6.45) is 3.85. The Labute approximate surface area is 247 Å². The molecule has 1 aromatic heterocycles. The lowest BCUT2D eigenvalue weighted by Crippen LogP contribution is -2.50. The van der Waals surface area contributed by atoms with Gasteiger partial charge in [0.2, 0.25) is 5.91 Å². The van der Waals surface area contributed by atoms with Gasteiger partial charge in [0.15, 0.2) is 0 Å². The van der Waals surface area contributed by atoms with E-state index >= 15 is 0 Å². The Balaban J connectivity index is 1.20. The van der Waals surface area contributed by atoms with Gasteiger partial charge in [-0.15, -0.1) is 0 Å². The van der Waals surface area contributed by atoms with Gasteiger partial charge in [-0.1, -0.05) is 49.4 Å². The van der Waals surface area contributed by atoms with Crippen molar-refractivity contribution in [2.24, 2.45) is 5.41 Å². The molecule has 3 saturated heterocycles. The Bertz CT molecular complexity index is 1380. The molecule has 42 heavy (non-hydrogen) atoms. The first-order valence-electron chi connectivity index (χ1n) is 14.9. The number of ether oxygens (including phenoxy) is 1. The first kappa shape index (κ1) is 28.2. The molecular formula is C33H40N6O3. The van der Waals surface area contributed by atoms with Crippen LogP contribution < -0.4 is 25.8 Å². The number of carbonyl (C=O) groups is 2. The van der Waals surface area contributed by atoms with Crippen LogP contribution in [-0.2, 0) is 9.59 Å². The topological polar surface area (TPSA) is 98.8 Å². The van der Waals surface area contributed by atoms with Crippen LogP contribution in [-0.4, -0.2) is 67.6 Å². The van der Waals surface area contributed by atoms with Crippen LogP contribution in [0.5, 0.6) is 5.75 Å². The van der Waals surface area contributed by atoms with Gasteiger partial charge < -0.3 is 15.0 Å². The summed E-state index contributed by atoms with van der Waals surface area (Å²) in [6, 6.07) is 21.5. The van der Waals surface area contributed by atoms with Crippen LogP contribution in [0.2, 0.25) is 0 Å². The Hall–Kier alpha value is -3.95. The summed E-state index contributed by atoms with van der Waals surface area (Å²) < 4.78 is 5.43. The second kappa shape index (κ2) is 12.1. The molecule has 0 aliphatic carbocycles. The Morgan fingerprint density at radius 2 is 1.83 bits per heavy atom. The molecule has 3 aliphatic heterocycles. The first-order valence-corrected chi connectivity index (χ1v) is 14.9. The number of pyridine rings is 1. The van der Waals surface area contributed by atoms with E-state index in [4.69, 9.17) is 9.72 Å². The summed E-state index contributed by atoms with van der Waals surface area (Å²) in [7, 11) is 1.64. The van der Waals surface area contributed by atoms with Crippen LogP contribution in [0, 0.1) is 5.41 Å². The third-order valence-corrected chi connectivity index (χ3v) is 9.28. The van der Waals surface area contributed by atoms with Crippen LogP contribution in [0.3, 0.4) is 0 Å². The number of nitrogens with zero attached hydrogens (tertiary/aromatic N) is 3. The van der Waals surface area contributed by atoms with Crippen molar-refractivity contribution in [2.75, 3.05) is 50.1 Å². The number of hydrazine groups is 1. The number of amides is 2. The van der Waals surface area contributed by atoms with Gasteiger partial charge in [0.1, 0.15) is 17.6 Å². The lowest BCUT2D eigenvalue weighted by atomic mass is 9.74. The minimum atomic E-state index is -0.435. The van der Waals surface area contributed by atoms with E-state index in [0.717, 1.165) is 42.9 Å². The number of hydrogen-bond acceptors (Lipinski definition) is 7. The second-order valence-electron chi connectivity index (χ2n) is 11.9. The normalized spacial score (nSPS) is 21.1. The van der Waals surface area contributed by atoms with Crippen LogP contribution in [0.1, 0.15) is 49.1 Å². The molecule has 4 heterocycles. The quantitative estimate of drug-likeness (QED) is 0.379. The number of carbonyl (C=O) groups excluding carboxylic acids is 2. The largest absolute Gasteiger partial charge is 0.497 e. The first-order chi connectivity index (χ1) is 20.5. The Morgan fingerprint density at radius 1 is 1.07 bits per heavy atom. The Morgan fingerprint density at radius 3 is 2.52 bits per heavy atom. The molecule has 2 atom stereocenters. The summed E-state index contributed by atoms with van der Waals surface area (Å²) >= 11 is 0. The molecule has 9 nitrogen and oxygen atoms in total. The fourth-order valence-corrected chi connectivity index (χ4v) is 6.63. The fourth-order valence-electron chi connectivity index (χ4n) is 6.63. The molecule has 0 radical (unpaired) electrons. The number of aromatic nitrogens is 1. The van der Waals surface area contributed by atoms with Crippen molar-refractivity contribution in [1.82, 2.24) is 20.7 Å². The highest BCUT2D eigenvalue weighted by molar-refractivity contribution is 6.01. The highest BCUT2D eigenvalue weighted by atomic mass is 16.5. The smallest absolute Gasteiger partial charge is 0.251 e. The van der Waals surface area contributed by atoms with E-state index in [2.05, 4.69) is 41.3 Å². The van der Waals surface area contributed by atoms with Gasteiger partial charge in [-0.2, -0.15) is 0 Å². The molecule has 2 unspecified atom stereocenters. The van der Waals surface area contributed by atoms with E-state index in [1.165, 1.54) is 5.56 Å². The molecular weight excluding hydrogens is 528 g/mol. The third-order valence-electron chi connectivity index (χ3n) is 9.28. The monoisotopic (exact) mass is 568 g/mol. The van der Waals surface area contributed by atoms with Crippen molar-refractivity contribution in [3.8, 4) is 5.75 Å². The van der Waals surface area contributed by atoms with E-state index in [1.54, 1.807) is 7.11 Å². The lowest BCUT2D eigenvalue weighted by Gasteiger charge is -2.42. The maximum atomic E-state index is 14.1. The minimum absolute atomic E-state index is 0.0137. The summed E-state index contributed by atoms with van der Waals surface area (Å²) in [5, 5.41) is 3.56. The number of anilines is 2. The number of rotatable bonds is 8. The number of likely N-dealkylation sites (tertiary alicyclic amines) is 1.